The van der Waals surface area contributed by atoms with E-state index in [1.54, 1.807) is 42.5 Å². The average molecular weight is 331 g/mol. The second-order valence-corrected chi connectivity index (χ2v) is 5.12. The molecule has 0 saturated carbocycles. The third-order valence-corrected chi connectivity index (χ3v) is 3.14. The molecule has 0 atom stereocenters. The minimum Gasteiger partial charge on any atom is -0.307 e. The molecule has 0 unspecified atom stereocenters. The van der Waals surface area contributed by atoms with Crippen LogP contribution in [0.4, 0.5) is 16.2 Å². The summed E-state index contributed by atoms with van der Waals surface area (Å²) in [5, 5.41) is 4.16. The first-order chi connectivity index (χ1) is 9.54. The van der Waals surface area contributed by atoms with Crippen LogP contribution < -0.4 is 16.2 Å². The Morgan fingerprint density at radius 3 is 2.20 bits per heavy atom. The molecule has 0 aliphatic rings. The van der Waals surface area contributed by atoms with E-state index in [0.29, 0.717) is 26.4 Å². The van der Waals surface area contributed by atoms with Gasteiger partial charge in [-0.1, -0.05) is 34.8 Å². The third-order valence-electron chi connectivity index (χ3n) is 2.34. The number of hydrazine groups is 1. The van der Waals surface area contributed by atoms with E-state index < -0.39 is 6.03 Å². The Kier molecular flexibility index (Phi) is 4.95. The summed E-state index contributed by atoms with van der Waals surface area (Å²) in [5.74, 6) is 0. The predicted octanol–water partition coefficient (Wildman–Crippen LogP) is 4.80. The van der Waals surface area contributed by atoms with E-state index in [9.17, 15) is 4.79 Å². The van der Waals surface area contributed by atoms with Crippen LogP contribution in [0.5, 0.6) is 0 Å². The van der Waals surface area contributed by atoms with E-state index in [2.05, 4.69) is 16.2 Å². The van der Waals surface area contributed by atoms with Crippen LogP contribution in [-0.4, -0.2) is 6.03 Å². The molecule has 0 radical (unpaired) electrons. The van der Waals surface area contributed by atoms with Crippen molar-refractivity contribution in [2.24, 2.45) is 0 Å². The van der Waals surface area contributed by atoms with Gasteiger partial charge in [-0.3, -0.25) is 10.9 Å². The molecule has 0 aliphatic carbocycles. The van der Waals surface area contributed by atoms with Gasteiger partial charge in [-0.05, 0) is 42.5 Å². The molecule has 4 nitrogen and oxygen atoms in total. The van der Waals surface area contributed by atoms with Gasteiger partial charge in [0, 0.05) is 15.7 Å². The van der Waals surface area contributed by atoms with Crippen molar-refractivity contribution in [2.75, 3.05) is 10.7 Å². The van der Waals surface area contributed by atoms with Crippen LogP contribution in [0.3, 0.4) is 0 Å². The van der Waals surface area contributed by atoms with Crippen LogP contribution in [0.15, 0.2) is 42.5 Å². The Bertz CT molecular complexity index is 617. The monoisotopic (exact) mass is 329 g/mol. The van der Waals surface area contributed by atoms with Crippen molar-refractivity contribution in [3.8, 4) is 0 Å². The Balaban J connectivity index is 1.90. The van der Waals surface area contributed by atoms with Crippen molar-refractivity contribution in [3.05, 3.63) is 57.5 Å². The molecular weight excluding hydrogens is 321 g/mol. The van der Waals surface area contributed by atoms with E-state index in [-0.39, 0.29) is 0 Å². The molecule has 20 heavy (non-hydrogen) atoms. The molecule has 0 bridgehead atoms. The third kappa shape index (κ3) is 4.20. The van der Waals surface area contributed by atoms with Gasteiger partial charge in [0.2, 0.25) is 0 Å². The lowest BCUT2D eigenvalue weighted by Gasteiger charge is -2.11. The summed E-state index contributed by atoms with van der Waals surface area (Å²) in [4.78, 5) is 11.7. The van der Waals surface area contributed by atoms with Crippen molar-refractivity contribution in [1.82, 2.24) is 5.43 Å². The maximum absolute atomic E-state index is 11.7. The zero-order chi connectivity index (χ0) is 14.5. The van der Waals surface area contributed by atoms with Crippen LogP contribution >= 0.6 is 34.8 Å². The predicted molar refractivity (Wildman–Crippen MR) is 83.7 cm³/mol. The Morgan fingerprint density at radius 2 is 1.55 bits per heavy atom. The SMILES string of the molecule is O=C(NNc1ccc(Cl)cc1Cl)Nc1ccc(Cl)cc1. The zero-order valence-corrected chi connectivity index (χ0v) is 12.4. The molecule has 0 aromatic heterocycles. The van der Waals surface area contributed by atoms with E-state index in [4.69, 9.17) is 34.8 Å². The summed E-state index contributed by atoms with van der Waals surface area (Å²) in [5.41, 5.74) is 6.32. The summed E-state index contributed by atoms with van der Waals surface area (Å²) >= 11 is 17.5. The maximum atomic E-state index is 11.7. The van der Waals surface area contributed by atoms with E-state index >= 15 is 0 Å². The van der Waals surface area contributed by atoms with Gasteiger partial charge < -0.3 is 5.32 Å². The molecule has 0 spiro atoms. The fourth-order valence-electron chi connectivity index (χ4n) is 1.41. The lowest BCUT2D eigenvalue weighted by molar-refractivity contribution is 0.254. The van der Waals surface area contributed by atoms with Gasteiger partial charge in [-0.2, -0.15) is 0 Å². The summed E-state index contributed by atoms with van der Waals surface area (Å²) in [6.45, 7) is 0. The Hall–Kier alpha value is -1.62. The largest absolute Gasteiger partial charge is 0.337 e. The van der Waals surface area contributed by atoms with Gasteiger partial charge in [-0.25, -0.2) is 4.79 Å². The molecule has 2 aromatic carbocycles. The molecule has 3 N–H and O–H groups in total. The number of halogens is 3. The summed E-state index contributed by atoms with van der Waals surface area (Å²) in [7, 11) is 0. The van der Waals surface area contributed by atoms with Gasteiger partial charge >= 0.3 is 6.03 Å². The highest BCUT2D eigenvalue weighted by atomic mass is 35.5. The van der Waals surface area contributed by atoms with Gasteiger partial charge in [0.25, 0.3) is 0 Å². The van der Waals surface area contributed by atoms with Gasteiger partial charge in [0.15, 0.2) is 0 Å². The number of hydrogen-bond donors (Lipinski definition) is 3. The Morgan fingerprint density at radius 1 is 0.900 bits per heavy atom. The van der Waals surface area contributed by atoms with Crippen molar-refractivity contribution in [1.29, 1.82) is 0 Å². The highest BCUT2D eigenvalue weighted by Gasteiger charge is 2.04. The highest BCUT2D eigenvalue weighted by molar-refractivity contribution is 6.36. The molecule has 104 valence electrons. The molecule has 0 aliphatic heterocycles. The topological polar surface area (TPSA) is 53.2 Å². The number of carbonyl (C=O) groups excluding carboxylic acids is 1. The minimum absolute atomic E-state index is 0.407. The number of anilines is 2. The normalized spacial score (nSPS) is 9.95. The summed E-state index contributed by atoms with van der Waals surface area (Å²) in [6.07, 6.45) is 0. The lowest BCUT2D eigenvalue weighted by Crippen LogP contribution is -2.33. The second-order valence-electron chi connectivity index (χ2n) is 3.84. The molecule has 2 amide bonds. The van der Waals surface area contributed by atoms with Crippen LogP contribution in [0.25, 0.3) is 0 Å². The number of nitrogens with one attached hydrogen (secondary N) is 3. The molecular formula is C13H10Cl3N3O. The van der Waals surface area contributed by atoms with E-state index in [0.717, 1.165) is 0 Å². The quantitative estimate of drug-likeness (QED) is 0.708. The maximum Gasteiger partial charge on any atom is 0.337 e. The number of rotatable bonds is 3. The first kappa shape index (κ1) is 14.8. The molecule has 0 fully saturated rings. The van der Waals surface area contributed by atoms with Crippen molar-refractivity contribution in [3.63, 3.8) is 0 Å². The summed E-state index contributed by atoms with van der Waals surface area (Å²) in [6, 6.07) is 11.2. The second kappa shape index (κ2) is 6.70. The standard InChI is InChI=1S/C13H10Cl3N3O/c14-8-1-4-10(5-2-8)17-13(20)19-18-12-6-3-9(15)7-11(12)16/h1-7,18H,(H2,17,19,20). The molecule has 7 heteroatoms. The fourth-order valence-corrected chi connectivity index (χ4v) is 1.99. The average Bonchev–Trinajstić information content (AvgIpc) is 2.40. The molecule has 2 aromatic rings. The van der Waals surface area contributed by atoms with Gasteiger partial charge in [-0.15, -0.1) is 0 Å². The minimum atomic E-state index is -0.432. The van der Waals surface area contributed by atoms with Crippen molar-refractivity contribution >= 4 is 52.2 Å². The van der Waals surface area contributed by atoms with Gasteiger partial charge in [0.1, 0.15) is 0 Å². The number of amides is 2. The number of urea groups is 1. The van der Waals surface area contributed by atoms with Crippen LogP contribution in [0, 0.1) is 0 Å². The number of carbonyl (C=O) groups is 1. The van der Waals surface area contributed by atoms with Crippen molar-refractivity contribution in [2.45, 2.75) is 0 Å². The van der Waals surface area contributed by atoms with Gasteiger partial charge in [0.05, 0.1) is 10.7 Å². The zero-order valence-electron chi connectivity index (χ0n) is 10.1. The Labute approximate surface area is 131 Å². The number of hydrogen-bond acceptors (Lipinski definition) is 2. The first-order valence-corrected chi connectivity index (χ1v) is 6.71. The van der Waals surface area contributed by atoms with Crippen LogP contribution in [0.2, 0.25) is 15.1 Å². The number of benzene rings is 2. The smallest absolute Gasteiger partial charge is 0.307 e. The first-order valence-electron chi connectivity index (χ1n) is 5.58. The van der Waals surface area contributed by atoms with Crippen molar-refractivity contribution < 1.29 is 4.79 Å². The van der Waals surface area contributed by atoms with Crippen LogP contribution in [-0.2, 0) is 0 Å². The highest BCUT2D eigenvalue weighted by Crippen LogP contribution is 2.24. The molecule has 0 saturated heterocycles. The molecule has 0 heterocycles. The van der Waals surface area contributed by atoms with E-state index in [1.165, 1.54) is 0 Å². The van der Waals surface area contributed by atoms with Crippen LogP contribution in [0.1, 0.15) is 0 Å². The summed E-state index contributed by atoms with van der Waals surface area (Å²) < 4.78 is 0. The lowest BCUT2D eigenvalue weighted by atomic mass is 10.3. The molecule has 2 rings (SSSR count). The fraction of sp³-hybridized carbons (Fsp3) is 0. The van der Waals surface area contributed by atoms with E-state index in [1.807, 2.05) is 0 Å².